The van der Waals surface area contributed by atoms with Crippen LogP contribution >= 0.6 is 0 Å². The van der Waals surface area contributed by atoms with E-state index in [4.69, 9.17) is 4.74 Å². The van der Waals surface area contributed by atoms with Gasteiger partial charge >= 0.3 is 0 Å². The molecular weight excluding hydrogens is 308 g/mol. The number of benzene rings is 1. The highest BCUT2D eigenvalue weighted by Gasteiger charge is 2.38. The molecular formula is C22H32N2O. The predicted octanol–water partition coefficient (Wildman–Crippen LogP) is 3.55. The summed E-state index contributed by atoms with van der Waals surface area (Å²) in [6, 6.07) is 7.84. The Kier molecular flexibility index (Phi) is 4.25. The Morgan fingerprint density at radius 1 is 0.960 bits per heavy atom. The molecule has 3 fully saturated rings. The zero-order valence-electron chi connectivity index (χ0n) is 15.4. The molecule has 3 nitrogen and oxygen atoms in total. The normalized spacial score (nSPS) is 27.2. The molecule has 1 spiro atoms. The number of hydrogen-bond donors (Lipinski definition) is 1. The van der Waals surface area contributed by atoms with E-state index < -0.39 is 0 Å². The summed E-state index contributed by atoms with van der Waals surface area (Å²) in [6.07, 6.45) is 12.3. The van der Waals surface area contributed by atoms with Gasteiger partial charge in [0.05, 0.1) is 0 Å². The van der Waals surface area contributed by atoms with Gasteiger partial charge in [0.1, 0.15) is 11.9 Å². The average molecular weight is 341 g/mol. The molecule has 3 heteroatoms. The van der Waals surface area contributed by atoms with Crippen LogP contribution in [0.25, 0.3) is 0 Å². The molecule has 0 aromatic heterocycles. The van der Waals surface area contributed by atoms with Crippen LogP contribution in [0.15, 0.2) is 18.2 Å². The van der Waals surface area contributed by atoms with Crippen molar-refractivity contribution < 1.29 is 4.74 Å². The summed E-state index contributed by atoms with van der Waals surface area (Å²) in [6.45, 7) is 4.85. The van der Waals surface area contributed by atoms with Gasteiger partial charge in [0, 0.05) is 19.1 Å². The van der Waals surface area contributed by atoms with Crippen molar-refractivity contribution in [2.75, 3.05) is 26.2 Å². The number of piperidine rings is 2. The maximum atomic E-state index is 6.40. The minimum atomic E-state index is 0.420. The van der Waals surface area contributed by atoms with Gasteiger partial charge in [0.2, 0.25) is 0 Å². The van der Waals surface area contributed by atoms with E-state index in [-0.39, 0.29) is 0 Å². The van der Waals surface area contributed by atoms with E-state index >= 15 is 0 Å². The average Bonchev–Trinajstić information content (AvgIpc) is 2.92. The number of ether oxygens (including phenoxy) is 1. The quantitative estimate of drug-likeness (QED) is 0.911. The van der Waals surface area contributed by atoms with Gasteiger partial charge in [-0.25, -0.2) is 0 Å². The van der Waals surface area contributed by atoms with Gasteiger partial charge < -0.3 is 15.0 Å². The van der Waals surface area contributed by atoms with Gasteiger partial charge in [-0.15, -0.1) is 0 Å². The third-order valence-electron chi connectivity index (χ3n) is 7.34. The first-order chi connectivity index (χ1) is 12.3. The minimum Gasteiger partial charge on any atom is -0.490 e. The zero-order valence-corrected chi connectivity index (χ0v) is 15.4. The number of nitrogens with zero attached hydrogens (tertiary/aromatic N) is 1. The monoisotopic (exact) mass is 340 g/mol. The van der Waals surface area contributed by atoms with Crippen LogP contribution in [0.1, 0.15) is 56.1 Å². The van der Waals surface area contributed by atoms with E-state index in [1.54, 1.807) is 11.1 Å². The van der Waals surface area contributed by atoms with E-state index in [1.807, 2.05) is 0 Å². The second-order valence-corrected chi connectivity index (χ2v) is 8.97. The molecule has 136 valence electrons. The summed E-state index contributed by atoms with van der Waals surface area (Å²) in [7, 11) is 0. The van der Waals surface area contributed by atoms with Crippen molar-refractivity contribution in [2.24, 2.45) is 5.41 Å². The first kappa shape index (κ1) is 16.1. The Balaban J connectivity index is 1.20. The molecule has 1 saturated carbocycles. The van der Waals surface area contributed by atoms with Crippen LogP contribution in [0.2, 0.25) is 0 Å². The molecule has 0 atom stereocenters. The fourth-order valence-corrected chi connectivity index (χ4v) is 5.50. The smallest absolute Gasteiger partial charge is 0.120 e. The lowest BCUT2D eigenvalue weighted by molar-refractivity contribution is 0.0493. The largest absolute Gasteiger partial charge is 0.490 e. The summed E-state index contributed by atoms with van der Waals surface area (Å²) in [5, 5.41) is 3.52. The minimum absolute atomic E-state index is 0.420. The Morgan fingerprint density at radius 3 is 2.44 bits per heavy atom. The third kappa shape index (κ3) is 3.21. The lowest BCUT2D eigenvalue weighted by atomic mass is 9.76. The topological polar surface area (TPSA) is 24.5 Å². The van der Waals surface area contributed by atoms with Crippen LogP contribution in [0.5, 0.6) is 5.75 Å². The molecule has 0 radical (unpaired) electrons. The standard InChI is InChI=1S/C22H32N2O/c1-2-19(3-1)24-12-6-20(7-13-24)25-21-5-4-17-15-22(16-18(17)14-21)8-10-23-11-9-22/h4-5,14,19-20,23H,1-3,6-13,15-16H2. The van der Waals surface area contributed by atoms with Gasteiger partial charge in [-0.05, 0) is 93.1 Å². The number of likely N-dealkylation sites (tertiary alicyclic amines) is 1. The molecule has 25 heavy (non-hydrogen) atoms. The van der Waals surface area contributed by atoms with Crippen LogP contribution in [0, 0.1) is 5.41 Å². The molecule has 0 amide bonds. The first-order valence-corrected chi connectivity index (χ1v) is 10.5. The predicted molar refractivity (Wildman–Crippen MR) is 101 cm³/mol. The van der Waals surface area contributed by atoms with Crippen molar-refractivity contribution in [3.63, 3.8) is 0 Å². The number of rotatable bonds is 3. The summed E-state index contributed by atoms with van der Waals surface area (Å²) < 4.78 is 6.40. The van der Waals surface area contributed by atoms with Crippen molar-refractivity contribution in [3.8, 4) is 5.75 Å². The molecule has 5 rings (SSSR count). The Morgan fingerprint density at radius 2 is 1.72 bits per heavy atom. The maximum absolute atomic E-state index is 6.40. The van der Waals surface area contributed by atoms with Crippen molar-refractivity contribution in [2.45, 2.75) is 69.9 Å². The lowest BCUT2D eigenvalue weighted by Crippen LogP contribution is -2.46. The summed E-state index contributed by atoms with van der Waals surface area (Å²) in [4.78, 5) is 2.70. The second kappa shape index (κ2) is 6.59. The van der Waals surface area contributed by atoms with Gasteiger partial charge in [0.25, 0.3) is 0 Å². The lowest BCUT2D eigenvalue weighted by Gasteiger charge is -2.41. The third-order valence-corrected chi connectivity index (χ3v) is 7.34. The van der Waals surface area contributed by atoms with Crippen LogP contribution in [0.4, 0.5) is 0 Å². The van der Waals surface area contributed by atoms with Crippen LogP contribution in [-0.4, -0.2) is 43.2 Å². The summed E-state index contributed by atoms with van der Waals surface area (Å²) in [5.41, 5.74) is 3.68. The van der Waals surface area contributed by atoms with Crippen molar-refractivity contribution in [1.29, 1.82) is 0 Å². The van der Waals surface area contributed by atoms with E-state index in [2.05, 4.69) is 28.4 Å². The Bertz CT molecular complexity index is 610. The van der Waals surface area contributed by atoms with E-state index in [9.17, 15) is 0 Å². The van der Waals surface area contributed by atoms with E-state index in [0.29, 0.717) is 11.5 Å². The number of fused-ring (bicyclic) bond motifs is 1. The van der Waals surface area contributed by atoms with Crippen molar-refractivity contribution in [1.82, 2.24) is 10.2 Å². The highest BCUT2D eigenvalue weighted by Crippen LogP contribution is 2.44. The number of hydrogen-bond acceptors (Lipinski definition) is 3. The van der Waals surface area contributed by atoms with Crippen LogP contribution in [-0.2, 0) is 12.8 Å². The van der Waals surface area contributed by atoms with Gasteiger partial charge in [-0.2, -0.15) is 0 Å². The highest BCUT2D eigenvalue weighted by molar-refractivity contribution is 5.41. The van der Waals surface area contributed by atoms with Gasteiger partial charge in [-0.3, -0.25) is 0 Å². The molecule has 0 unspecified atom stereocenters. The fraction of sp³-hybridized carbons (Fsp3) is 0.727. The zero-order chi connectivity index (χ0) is 16.7. The molecule has 1 aromatic carbocycles. The van der Waals surface area contributed by atoms with E-state index in [1.165, 1.54) is 84.0 Å². The highest BCUT2D eigenvalue weighted by atomic mass is 16.5. The van der Waals surface area contributed by atoms with Gasteiger partial charge in [0.15, 0.2) is 0 Å². The molecule has 4 aliphatic rings. The fourth-order valence-electron chi connectivity index (χ4n) is 5.50. The summed E-state index contributed by atoms with van der Waals surface area (Å²) in [5.74, 6) is 1.12. The Hall–Kier alpha value is -1.06. The van der Waals surface area contributed by atoms with Crippen molar-refractivity contribution in [3.05, 3.63) is 29.3 Å². The molecule has 2 aliphatic heterocycles. The van der Waals surface area contributed by atoms with Crippen LogP contribution < -0.4 is 10.1 Å². The molecule has 2 aliphatic carbocycles. The first-order valence-electron chi connectivity index (χ1n) is 10.5. The second-order valence-electron chi connectivity index (χ2n) is 8.97. The Labute approximate surface area is 152 Å². The van der Waals surface area contributed by atoms with Crippen molar-refractivity contribution >= 4 is 0 Å². The van der Waals surface area contributed by atoms with E-state index in [0.717, 1.165) is 11.8 Å². The number of nitrogens with one attached hydrogen (secondary N) is 1. The molecule has 1 aromatic rings. The van der Waals surface area contributed by atoms with Gasteiger partial charge in [-0.1, -0.05) is 12.5 Å². The summed E-state index contributed by atoms with van der Waals surface area (Å²) >= 11 is 0. The molecule has 0 bridgehead atoms. The van der Waals surface area contributed by atoms with Crippen LogP contribution in [0.3, 0.4) is 0 Å². The molecule has 2 heterocycles. The molecule has 2 saturated heterocycles. The SMILES string of the molecule is c1cc2c(cc1OC1CCN(C3CCC3)CC1)CC1(CCNCC1)C2. The molecule has 1 N–H and O–H groups in total. The maximum Gasteiger partial charge on any atom is 0.120 e.